The van der Waals surface area contributed by atoms with Gasteiger partial charge in [-0.1, -0.05) is 35.9 Å². The Kier molecular flexibility index (Phi) is 5.94. The topological polar surface area (TPSA) is 119 Å². The molecule has 0 saturated carbocycles. The second-order valence-corrected chi connectivity index (χ2v) is 9.75. The number of urea groups is 1. The molecule has 3 aromatic carbocycles. The molecule has 8 nitrogen and oxygen atoms in total. The number of nitrogens with two attached hydrogens (primary N) is 1. The normalized spacial score (nSPS) is 11.4. The zero-order valence-corrected chi connectivity index (χ0v) is 19.0. The van der Waals surface area contributed by atoms with Gasteiger partial charge in [0.2, 0.25) is 0 Å². The van der Waals surface area contributed by atoms with Crippen LogP contribution in [0.5, 0.6) is 0 Å². The molecule has 33 heavy (non-hydrogen) atoms. The number of benzene rings is 3. The summed E-state index contributed by atoms with van der Waals surface area (Å²) >= 11 is 6.04. The van der Waals surface area contributed by atoms with Gasteiger partial charge in [-0.25, -0.2) is 17.9 Å². The van der Waals surface area contributed by atoms with E-state index in [2.05, 4.69) is 0 Å². The van der Waals surface area contributed by atoms with E-state index >= 15 is 0 Å². The zero-order chi connectivity index (χ0) is 23.8. The average Bonchev–Trinajstić information content (AvgIpc) is 3.24. The number of hydroxylamine groups is 1. The van der Waals surface area contributed by atoms with E-state index in [1.165, 1.54) is 12.1 Å². The molecule has 4 rings (SSSR count). The predicted molar refractivity (Wildman–Crippen MR) is 126 cm³/mol. The highest BCUT2D eigenvalue weighted by Crippen LogP contribution is 2.30. The van der Waals surface area contributed by atoms with Crippen molar-refractivity contribution in [2.45, 2.75) is 4.90 Å². The number of hydrogen-bond donors (Lipinski definition) is 2. The lowest BCUT2D eigenvalue weighted by atomic mass is 10.1. The second-order valence-electron chi connectivity index (χ2n) is 7.30. The number of aromatic nitrogens is 2. The minimum Gasteiger partial charge on any atom is -0.349 e. The summed E-state index contributed by atoms with van der Waals surface area (Å²) in [6.07, 6.45) is 1.16. The summed E-state index contributed by atoms with van der Waals surface area (Å²) < 4.78 is 25.4. The summed E-state index contributed by atoms with van der Waals surface area (Å²) in [6.45, 7) is 0. The fourth-order valence-corrected chi connectivity index (χ4v) is 4.04. The maximum Gasteiger partial charge on any atom is 0.343 e. The van der Waals surface area contributed by atoms with Crippen molar-refractivity contribution in [3.05, 3.63) is 83.9 Å². The predicted octanol–water partition coefficient (Wildman–Crippen LogP) is 4.54. The lowest BCUT2D eigenvalue weighted by molar-refractivity contribution is 0.212. The standard InChI is InChI=1S/C23H19ClN4O4S/c1-33(31,32)20-12-10-18(11-13-20)27-22(16-2-6-17(24)7-3-16)14-21(26-27)15-4-8-19(9-5-15)28(30)23(25)29/h2-14,30H,1H3,(H2,25,29). The van der Waals surface area contributed by atoms with Gasteiger partial charge in [0.1, 0.15) is 0 Å². The van der Waals surface area contributed by atoms with Gasteiger partial charge < -0.3 is 5.73 Å². The molecule has 4 aromatic rings. The molecule has 0 saturated heterocycles. The van der Waals surface area contributed by atoms with E-state index in [9.17, 15) is 18.4 Å². The number of halogens is 1. The number of hydrogen-bond acceptors (Lipinski definition) is 5. The van der Waals surface area contributed by atoms with Crippen LogP contribution in [0.25, 0.3) is 28.2 Å². The molecule has 0 radical (unpaired) electrons. The van der Waals surface area contributed by atoms with Crippen LogP contribution in [0.4, 0.5) is 10.5 Å². The quantitative estimate of drug-likeness (QED) is 0.320. The zero-order valence-electron chi connectivity index (χ0n) is 17.4. The van der Waals surface area contributed by atoms with Gasteiger partial charge in [0.05, 0.1) is 27.7 Å². The molecule has 1 aromatic heterocycles. The minimum absolute atomic E-state index is 0.213. The average molecular weight is 483 g/mol. The molecular formula is C23H19ClN4O4S. The summed E-state index contributed by atoms with van der Waals surface area (Å²) in [6, 6.07) is 21.1. The van der Waals surface area contributed by atoms with Crippen LogP contribution in [0, 0.1) is 0 Å². The Balaban J connectivity index is 1.80. The van der Waals surface area contributed by atoms with E-state index in [-0.39, 0.29) is 10.6 Å². The molecular weight excluding hydrogens is 464 g/mol. The Morgan fingerprint density at radius 2 is 1.55 bits per heavy atom. The van der Waals surface area contributed by atoms with Crippen molar-refractivity contribution >= 4 is 33.2 Å². The van der Waals surface area contributed by atoms with Crippen LogP contribution in [-0.4, -0.2) is 35.7 Å². The molecule has 1 heterocycles. The molecule has 0 spiro atoms. The molecule has 3 N–H and O–H groups in total. The van der Waals surface area contributed by atoms with Crippen molar-refractivity contribution in [2.75, 3.05) is 11.3 Å². The van der Waals surface area contributed by atoms with Gasteiger partial charge >= 0.3 is 6.03 Å². The van der Waals surface area contributed by atoms with E-state index in [4.69, 9.17) is 22.4 Å². The van der Waals surface area contributed by atoms with Gasteiger partial charge in [0.15, 0.2) is 9.84 Å². The lowest BCUT2D eigenvalue weighted by Crippen LogP contribution is -2.32. The number of primary amides is 1. The molecule has 0 aliphatic carbocycles. The smallest absolute Gasteiger partial charge is 0.343 e. The maximum absolute atomic E-state index is 11.8. The van der Waals surface area contributed by atoms with E-state index < -0.39 is 15.9 Å². The van der Waals surface area contributed by atoms with Crippen molar-refractivity contribution in [3.8, 4) is 28.2 Å². The third-order valence-corrected chi connectivity index (χ3v) is 6.36. The van der Waals surface area contributed by atoms with Crippen LogP contribution in [-0.2, 0) is 9.84 Å². The number of nitrogens with zero attached hydrogens (tertiary/aromatic N) is 3. The number of carbonyl (C=O) groups is 1. The Morgan fingerprint density at radius 1 is 0.970 bits per heavy atom. The van der Waals surface area contributed by atoms with E-state index in [1.54, 1.807) is 53.2 Å². The van der Waals surface area contributed by atoms with Crippen molar-refractivity contribution in [1.29, 1.82) is 0 Å². The number of carbonyl (C=O) groups excluding carboxylic acids is 1. The summed E-state index contributed by atoms with van der Waals surface area (Å²) in [7, 11) is -3.33. The molecule has 0 unspecified atom stereocenters. The molecule has 10 heteroatoms. The van der Waals surface area contributed by atoms with Gasteiger partial charge in [-0.3, -0.25) is 5.21 Å². The third-order valence-electron chi connectivity index (χ3n) is 4.98. The van der Waals surface area contributed by atoms with Gasteiger partial charge in [-0.2, -0.15) is 10.2 Å². The van der Waals surface area contributed by atoms with Crippen molar-refractivity contribution in [1.82, 2.24) is 9.78 Å². The molecule has 0 aliphatic rings. The van der Waals surface area contributed by atoms with E-state index in [1.807, 2.05) is 18.2 Å². The molecule has 2 amide bonds. The van der Waals surface area contributed by atoms with E-state index in [0.29, 0.717) is 21.5 Å². The highest BCUT2D eigenvalue weighted by molar-refractivity contribution is 7.90. The second kappa shape index (κ2) is 8.70. The van der Waals surface area contributed by atoms with Crippen LogP contribution in [0.3, 0.4) is 0 Å². The first kappa shape index (κ1) is 22.5. The van der Waals surface area contributed by atoms with Crippen LogP contribution < -0.4 is 10.8 Å². The minimum atomic E-state index is -3.33. The Hall–Kier alpha value is -3.66. The first-order valence-electron chi connectivity index (χ1n) is 9.69. The van der Waals surface area contributed by atoms with Gasteiger partial charge in [0.25, 0.3) is 0 Å². The maximum atomic E-state index is 11.8. The highest BCUT2D eigenvalue weighted by atomic mass is 35.5. The number of anilines is 1. The van der Waals surface area contributed by atoms with Gasteiger partial charge in [-0.05, 0) is 54.6 Å². The highest BCUT2D eigenvalue weighted by Gasteiger charge is 2.15. The lowest BCUT2D eigenvalue weighted by Gasteiger charge is -2.11. The van der Waals surface area contributed by atoms with Crippen LogP contribution in [0.1, 0.15) is 0 Å². The Labute approximate surface area is 195 Å². The monoisotopic (exact) mass is 482 g/mol. The summed E-state index contributed by atoms with van der Waals surface area (Å²) in [5.74, 6) is 0. The van der Waals surface area contributed by atoms with Crippen LogP contribution in [0.15, 0.2) is 83.8 Å². The van der Waals surface area contributed by atoms with Crippen LogP contribution >= 0.6 is 11.6 Å². The molecule has 0 atom stereocenters. The molecule has 0 bridgehead atoms. The Morgan fingerprint density at radius 3 is 2.09 bits per heavy atom. The Bertz CT molecular complexity index is 1420. The fraction of sp³-hybridized carbons (Fsp3) is 0.0435. The number of rotatable bonds is 5. The fourth-order valence-electron chi connectivity index (χ4n) is 3.28. The number of amides is 2. The SMILES string of the molecule is CS(=O)(=O)c1ccc(-n2nc(-c3ccc(N(O)C(N)=O)cc3)cc2-c2ccc(Cl)cc2)cc1. The van der Waals surface area contributed by atoms with Crippen LogP contribution in [0.2, 0.25) is 5.02 Å². The van der Waals surface area contributed by atoms with Gasteiger partial charge in [0, 0.05) is 22.4 Å². The summed E-state index contributed by atoms with van der Waals surface area (Å²) in [5, 5.41) is 15.4. The first-order valence-corrected chi connectivity index (χ1v) is 12.0. The summed E-state index contributed by atoms with van der Waals surface area (Å²) in [4.78, 5) is 11.4. The van der Waals surface area contributed by atoms with Crippen molar-refractivity contribution in [3.63, 3.8) is 0 Å². The van der Waals surface area contributed by atoms with E-state index in [0.717, 1.165) is 23.1 Å². The number of sulfone groups is 1. The molecule has 0 fully saturated rings. The van der Waals surface area contributed by atoms with Gasteiger partial charge in [-0.15, -0.1) is 0 Å². The molecule has 0 aliphatic heterocycles. The summed E-state index contributed by atoms with van der Waals surface area (Å²) in [5.41, 5.74) is 8.97. The largest absolute Gasteiger partial charge is 0.349 e. The van der Waals surface area contributed by atoms with Crippen molar-refractivity contribution < 1.29 is 18.4 Å². The first-order chi connectivity index (χ1) is 15.6. The molecule has 168 valence electrons. The third kappa shape index (κ3) is 4.75. The van der Waals surface area contributed by atoms with Crippen molar-refractivity contribution in [2.24, 2.45) is 5.73 Å².